The minimum absolute atomic E-state index is 0.0930. The number of anilines is 1. The van der Waals surface area contributed by atoms with E-state index in [1.807, 2.05) is 11.4 Å². The van der Waals surface area contributed by atoms with E-state index in [0.29, 0.717) is 11.0 Å². The minimum Gasteiger partial charge on any atom is -0.380 e. The van der Waals surface area contributed by atoms with Crippen LogP contribution in [0.3, 0.4) is 0 Å². The van der Waals surface area contributed by atoms with Gasteiger partial charge in [0.25, 0.3) is 0 Å². The maximum absolute atomic E-state index is 11.2. The van der Waals surface area contributed by atoms with Crippen LogP contribution in [-0.2, 0) is 16.6 Å². The van der Waals surface area contributed by atoms with Gasteiger partial charge in [-0.1, -0.05) is 0 Å². The molecule has 0 saturated heterocycles. The van der Waals surface area contributed by atoms with E-state index in [-0.39, 0.29) is 4.90 Å². The predicted octanol–water partition coefficient (Wildman–Crippen LogP) is 2.77. The third-order valence-corrected chi connectivity index (χ3v) is 4.63. The highest BCUT2D eigenvalue weighted by Gasteiger charge is 2.10. The fraction of sp³-hybridized carbons (Fsp3) is 0.0909. The number of nitrogens with one attached hydrogen (secondary N) is 1. The average molecular weight is 347 g/mol. The fourth-order valence-corrected chi connectivity index (χ4v) is 3.29. The molecule has 3 N–H and O–H groups in total. The number of hydrogen-bond acceptors (Lipinski definition) is 4. The van der Waals surface area contributed by atoms with E-state index in [1.165, 1.54) is 17.7 Å². The molecular weight excluding hydrogens is 336 g/mol. The van der Waals surface area contributed by atoms with Gasteiger partial charge >= 0.3 is 0 Å². The maximum Gasteiger partial charge on any atom is 0.238 e. The first-order chi connectivity index (χ1) is 8.47. The summed E-state index contributed by atoms with van der Waals surface area (Å²) in [5.74, 6) is 0. The molecule has 0 spiro atoms. The van der Waals surface area contributed by atoms with Crippen LogP contribution in [0.25, 0.3) is 0 Å². The summed E-state index contributed by atoms with van der Waals surface area (Å²) < 4.78 is 23.0. The number of thiophene rings is 1. The van der Waals surface area contributed by atoms with Gasteiger partial charge in [-0.3, -0.25) is 0 Å². The van der Waals surface area contributed by atoms with Crippen molar-refractivity contribution in [3.63, 3.8) is 0 Å². The van der Waals surface area contributed by atoms with Crippen molar-refractivity contribution >= 4 is 43.0 Å². The topological polar surface area (TPSA) is 72.2 Å². The molecule has 0 saturated carbocycles. The van der Waals surface area contributed by atoms with Gasteiger partial charge in [0.2, 0.25) is 10.0 Å². The zero-order valence-electron chi connectivity index (χ0n) is 9.26. The summed E-state index contributed by atoms with van der Waals surface area (Å²) in [7, 11) is -3.66. The lowest BCUT2D eigenvalue weighted by molar-refractivity contribution is 0.598. The van der Waals surface area contributed by atoms with Crippen LogP contribution in [0.1, 0.15) is 5.56 Å². The van der Waals surface area contributed by atoms with Gasteiger partial charge in [-0.15, -0.1) is 0 Å². The van der Waals surface area contributed by atoms with Crippen LogP contribution < -0.4 is 10.5 Å². The number of rotatable bonds is 4. The number of primary sulfonamides is 1. The van der Waals surface area contributed by atoms with E-state index >= 15 is 0 Å². The molecule has 2 aromatic rings. The monoisotopic (exact) mass is 346 g/mol. The van der Waals surface area contributed by atoms with Crippen LogP contribution in [0, 0.1) is 0 Å². The summed E-state index contributed by atoms with van der Waals surface area (Å²) in [6.07, 6.45) is 0. The van der Waals surface area contributed by atoms with Gasteiger partial charge in [0.1, 0.15) is 0 Å². The smallest absolute Gasteiger partial charge is 0.238 e. The molecule has 1 aromatic heterocycles. The quantitative estimate of drug-likeness (QED) is 0.893. The van der Waals surface area contributed by atoms with E-state index in [9.17, 15) is 8.42 Å². The van der Waals surface area contributed by atoms with E-state index in [0.717, 1.165) is 5.69 Å². The number of hydrogen-bond donors (Lipinski definition) is 2. The zero-order chi connectivity index (χ0) is 13.2. The Hall–Kier alpha value is -0.890. The Morgan fingerprint density at radius 3 is 2.67 bits per heavy atom. The highest BCUT2D eigenvalue weighted by atomic mass is 79.9. The Bertz CT molecular complexity index is 639. The molecule has 4 nitrogen and oxygen atoms in total. The zero-order valence-corrected chi connectivity index (χ0v) is 12.5. The molecule has 2 rings (SSSR count). The second-order valence-electron chi connectivity index (χ2n) is 3.67. The van der Waals surface area contributed by atoms with Gasteiger partial charge < -0.3 is 5.32 Å². The van der Waals surface area contributed by atoms with Crippen LogP contribution in [0.15, 0.2) is 44.4 Å². The van der Waals surface area contributed by atoms with E-state index in [2.05, 4.69) is 26.6 Å². The first kappa shape index (κ1) is 13.5. The van der Waals surface area contributed by atoms with E-state index in [1.54, 1.807) is 17.4 Å². The molecule has 96 valence electrons. The summed E-state index contributed by atoms with van der Waals surface area (Å²) in [6.45, 7) is 0.691. The van der Waals surface area contributed by atoms with Crippen molar-refractivity contribution in [2.75, 3.05) is 5.32 Å². The second kappa shape index (κ2) is 5.40. The molecule has 1 heterocycles. The van der Waals surface area contributed by atoms with Crippen molar-refractivity contribution in [2.24, 2.45) is 5.14 Å². The Labute approximate surface area is 118 Å². The average Bonchev–Trinajstić information content (AvgIpc) is 2.79. The molecule has 0 fully saturated rings. The molecule has 0 bridgehead atoms. The summed E-state index contributed by atoms with van der Waals surface area (Å²) in [4.78, 5) is 0.0930. The highest BCUT2D eigenvalue weighted by Crippen LogP contribution is 2.25. The van der Waals surface area contributed by atoms with Gasteiger partial charge in [-0.25, -0.2) is 13.6 Å². The van der Waals surface area contributed by atoms with Gasteiger partial charge in [0.15, 0.2) is 0 Å². The lowest BCUT2D eigenvalue weighted by Gasteiger charge is -2.08. The molecule has 0 aliphatic heterocycles. The van der Waals surface area contributed by atoms with Crippen LogP contribution in [0.4, 0.5) is 5.69 Å². The molecule has 0 unspecified atom stereocenters. The molecule has 0 atom stereocenters. The third-order valence-electron chi connectivity index (χ3n) is 2.33. The van der Waals surface area contributed by atoms with Crippen molar-refractivity contribution in [2.45, 2.75) is 11.4 Å². The van der Waals surface area contributed by atoms with Gasteiger partial charge in [-0.2, -0.15) is 11.3 Å². The molecule has 1 aromatic carbocycles. The van der Waals surface area contributed by atoms with Crippen molar-refractivity contribution < 1.29 is 8.42 Å². The van der Waals surface area contributed by atoms with Gasteiger partial charge in [0.05, 0.1) is 4.90 Å². The summed E-state index contributed by atoms with van der Waals surface area (Å²) in [5, 5.41) is 12.3. The lowest BCUT2D eigenvalue weighted by atomic mass is 10.3. The van der Waals surface area contributed by atoms with Crippen molar-refractivity contribution in [3.8, 4) is 0 Å². The minimum atomic E-state index is -3.66. The number of halogens is 1. The number of sulfonamides is 1. The van der Waals surface area contributed by atoms with Crippen molar-refractivity contribution in [3.05, 3.63) is 45.1 Å². The lowest BCUT2D eigenvalue weighted by Crippen LogP contribution is -2.12. The number of nitrogens with two attached hydrogens (primary N) is 1. The van der Waals surface area contributed by atoms with Crippen LogP contribution >= 0.6 is 27.3 Å². The summed E-state index contributed by atoms with van der Waals surface area (Å²) in [5.41, 5.74) is 2.01. The fourth-order valence-electron chi connectivity index (χ4n) is 1.41. The normalized spacial score (nSPS) is 11.4. The first-order valence-electron chi connectivity index (χ1n) is 5.04. The number of benzene rings is 1. The molecule has 0 radical (unpaired) electrons. The van der Waals surface area contributed by atoms with Gasteiger partial charge in [0, 0.05) is 16.7 Å². The van der Waals surface area contributed by atoms with Crippen LogP contribution in [-0.4, -0.2) is 8.42 Å². The summed E-state index contributed by atoms with van der Waals surface area (Å²) >= 11 is 4.96. The Balaban J connectivity index is 2.15. The maximum atomic E-state index is 11.2. The molecule has 0 aliphatic rings. The van der Waals surface area contributed by atoms with Crippen molar-refractivity contribution in [1.29, 1.82) is 0 Å². The molecule has 18 heavy (non-hydrogen) atoms. The standard InChI is InChI=1S/C11H11BrN2O2S2/c12-10-5-9(18(13,15)16)1-2-11(10)14-6-8-3-4-17-7-8/h1-5,7,14H,6H2,(H2,13,15,16). The third kappa shape index (κ3) is 3.32. The largest absolute Gasteiger partial charge is 0.380 e. The molecule has 0 aliphatic carbocycles. The predicted molar refractivity (Wildman–Crippen MR) is 77.2 cm³/mol. The Morgan fingerprint density at radius 2 is 2.11 bits per heavy atom. The van der Waals surface area contributed by atoms with Gasteiger partial charge in [-0.05, 0) is 56.5 Å². The highest BCUT2D eigenvalue weighted by molar-refractivity contribution is 9.10. The second-order valence-corrected chi connectivity index (χ2v) is 6.87. The Kier molecular flexibility index (Phi) is 4.06. The van der Waals surface area contributed by atoms with E-state index in [4.69, 9.17) is 5.14 Å². The van der Waals surface area contributed by atoms with Crippen LogP contribution in [0.5, 0.6) is 0 Å². The SMILES string of the molecule is NS(=O)(=O)c1ccc(NCc2ccsc2)c(Br)c1. The Morgan fingerprint density at radius 1 is 1.33 bits per heavy atom. The molecule has 7 heteroatoms. The molecule has 0 amide bonds. The first-order valence-corrected chi connectivity index (χ1v) is 8.32. The van der Waals surface area contributed by atoms with E-state index < -0.39 is 10.0 Å². The summed E-state index contributed by atoms with van der Waals surface area (Å²) in [6, 6.07) is 6.70. The van der Waals surface area contributed by atoms with Crippen LogP contribution in [0.2, 0.25) is 0 Å². The van der Waals surface area contributed by atoms with Crippen molar-refractivity contribution in [1.82, 2.24) is 0 Å². The molecular formula is C11H11BrN2O2S2.